The number of hydrogen-bond donors (Lipinski definition) is 3. The number of esters is 4. The number of aliphatic hydroxyl groups is 1. The van der Waals surface area contributed by atoms with E-state index in [1.54, 1.807) is 0 Å². The van der Waals surface area contributed by atoms with Gasteiger partial charge in [-0.2, -0.15) is 0 Å². The molecule has 0 aliphatic carbocycles. The molecule has 5 atom stereocenters. The number of allylic oxidation sites excluding steroid dienone is 4. The molecule has 0 aliphatic rings. The van der Waals surface area contributed by atoms with Crippen LogP contribution in [0.3, 0.4) is 0 Å². The Bertz CT molecular complexity index is 1850. The molecule has 0 amide bonds. The molecule has 19 heteroatoms. The fourth-order valence-electron chi connectivity index (χ4n) is 10.6. The van der Waals surface area contributed by atoms with Gasteiger partial charge in [-0.25, -0.2) is 9.13 Å². The molecular formula is C73H138O17P2. The molecule has 0 aromatic rings. The molecule has 17 nitrogen and oxygen atoms in total. The second-order valence-corrected chi connectivity index (χ2v) is 28.5. The summed E-state index contributed by atoms with van der Waals surface area (Å²) in [7, 11) is -9.92. The van der Waals surface area contributed by atoms with Gasteiger partial charge in [0, 0.05) is 25.7 Å². The van der Waals surface area contributed by atoms with E-state index in [0.29, 0.717) is 25.7 Å². The first-order valence-electron chi connectivity index (χ1n) is 37.6. The van der Waals surface area contributed by atoms with Crippen molar-refractivity contribution < 1.29 is 80.2 Å². The Morgan fingerprint density at radius 1 is 0.293 bits per heavy atom. The summed E-state index contributed by atoms with van der Waals surface area (Å²) in [4.78, 5) is 72.6. The molecule has 0 bridgehead atoms. The molecule has 0 saturated heterocycles. The predicted molar refractivity (Wildman–Crippen MR) is 372 cm³/mol. The van der Waals surface area contributed by atoms with Gasteiger partial charge in [-0.15, -0.1) is 0 Å². The maximum atomic E-state index is 13.0. The molecule has 0 aromatic heterocycles. The summed E-state index contributed by atoms with van der Waals surface area (Å²) in [5.41, 5.74) is 0. The fourth-order valence-corrected chi connectivity index (χ4v) is 12.2. The summed E-state index contributed by atoms with van der Waals surface area (Å²) in [6, 6.07) is 0. The minimum Gasteiger partial charge on any atom is -0.462 e. The third-order valence-electron chi connectivity index (χ3n) is 16.4. The highest BCUT2D eigenvalue weighted by atomic mass is 31.2. The lowest BCUT2D eigenvalue weighted by atomic mass is 10.0. The number of carbonyl (C=O) groups is 4. The maximum Gasteiger partial charge on any atom is 0.472 e. The first kappa shape index (κ1) is 89.5. The number of rotatable bonds is 72. The average Bonchev–Trinajstić information content (AvgIpc) is 3.58. The fraction of sp³-hybridized carbons (Fsp3) is 0.890. The third kappa shape index (κ3) is 66.2. The van der Waals surface area contributed by atoms with E-state index in [1.165, 1.54) is 167 Å². The quantitative estimate of drug-likeness (QED) is 0.0169. The predicted octanol–water partition coefficient (Wildman–Crippen LogP) is 21.0. The van der Waals surface area contributed by atoms with Crippen LogP contribution in [0.25, 0.3) is 0 Å². The molecule has 0 heterocycles. The Hall–Kier alpha value is -2.46. The summed E-state index contributed by atoms with van der Waals surface area (Å²) in [5.74, 6) is -2.15. The van der Waals surface area contributed by atoms with Crippen LogP contribution < -0.4 is 0 Å². The van der Waals surface area contributed by atoms with E-state index < -0.39 is 97.5 Å². The van der Waals surface area contributed by atoms with Crippen molar-refractivity contribution in [2.24, 2.45) is 0 Å². The molecule has 0 rings (SSSR count). The number of ether oxygens (including phenoxy) is 4. The molecule has 0 saturated carbocycles. The summed E-state index contributed by atoms with van der Waals surface area (Å²) >= 11 is 0. The molecule has 0 spiro atoms. The summed E-state index contributed by atoms with van der Waals surface area (Å²) in [5, 5.41) is 10.6. The van der Waals surface area contributed by atoms with Crippen molar-refractivity contribution >= 4 is 39.5 Å². The third-order valence-corrected chi connectivity index (χ3v) is 18.3. The van der Waals surface area contributed by atoms with Crippen LogP contribution in [0, 0.1) is 0 Å². The highest BCUT2D eigenvalue weighted by Gasteiger charge is 2.30. The second kappa shape index (κ2) is 67.1. The number of phosphoric acid groups is 2. The van der Waals surface area contributed by atoms with E-state index >= 15 is 0 Å². The zero-order valence-corrected chi connectivity index (χ0v) is 60.8. The maximum absolute atomic E-state index is 13.0. The van der Waals surface area contributed by atoms with Crippen LogP contribution in [0.15, 0.2) is 24.3 Å². The van der Waals surface area contributed by atoms with E-state index in [1.807, 2.05) is 0 Å². The normalized spacial score (nSPS) is 14.1. The van der Waals surface area contributed by atoms with E-state index in [9.17, 15) is 43.2 Å². The summed E-state index contributed by atoms with van der Waals surface area (Å²) < 4.78 is 68.3. The standard InChI is InChI=1S/C73H138O17P2/c1-5-9-13-17-21-25-29-32-33-36-39-42-46-50-54-58-71(76)84-64-69(90-73(78)60-56-52-48-44-40-35-31-27-23-19-15-11-7-3)66-88-92(81,82)86-62-67(74)61-85-91(79,80)87-65-68(89-72(77)59-55-51-47-43-37-28-24-20-16-12-8-4)63-83-70(75)57-53-49-45-41-38-34-30-26-22-18-14-10-6-2/h20,24,27,31,67-69,74H,5-19,21-23,25-26,28-30,32-66H2,1-4H3,(H,79,80)(H,81,82)/b24-20-,31-27-. The van der Waals surface area contributed by atoms with Crippen LogP contribution >= 0.6 is 15.6 Å². The van der Waals surface area contributed by atoms with Gasteiger partial charge in [0.1, 0.15) is 19.3 Å². The summed E-state index contributed by atoms with van der Waals surface area (Å²) in [6.07, 6.45) is 58.9. The van der Waals surface area contributed by atoms with Crippen LogP contribution in [-0.2, 0) is 65.4 Å². The van der Waals surface area contributed by atoms with Crippen molar-refractivity contribution in [2.75, 3.05) is 39.6 Å². The minimum absolute atomic E-state index is 0.0925. The average molecular weight is 1350 g/mol. The molecule has 0 radical (unpaired) electrons. The number of aliphatic hydroxyl groups excluding tert-OH is 1. The Kier molecular flexibility index (Phi) is 65.3. The minimum atomic E-state index is -4.96. The van der Waals surface area contributed by atoms with Crippen LogP contribution in [-0.4, -0.2) is 96.7 Å². The van der Waals surface area contributed by atoms with E-state index in [4.69, 9.17) is 37.0 Å². The van der Waals surface area contributed by atoms with Crippen molar-refractivity contribution in [3.8, 4) is 0 Å². The second-order valence-electron chi connectivity index (χ2n) is 25.6. The molecule has 0 aromatic carbocycles. The molecular weight excluding hydrogens is 1210 g/mol. The Morgan fingerprint density at radius 2 is 0.511 bits per heavy atom. The lowest BCUT2D eigenvalue weighted by Crippen LogP contribution is -2.30. The molecule has 5 unspecified atom stereocenters. The van der Waals surface area contributed by atoms with E-state index in [-0.39, 0.29) is 25.7 Å². The SMILES string of the molecule is CCCC/C=C\CCCCCCCC(=O)OC(COC(=O)CCCCCCCCCCCCCCC)COP(=O)(O)OCC(O)COP(=O)(O)OCC(COC(=O)CCCCCCCCCCCCCCCCC)OC(=O)CCCCCCC/C=C\CCCCCC. The highest BCUT2D eigenvalue weighted by Crippen LogP contribution is 2.45. The summed E-state index contributed by atoms with van der Waals surface area (Å²) in [6.45, 7) is 4.87. The topological polar surface area (TPSA) is 237 Å². The monoisotopic (exact) mass is 1350 g/mol. The van der Waals surface area contributed by atoms with Crippen molar-refractivity contribution in [3.05, 3.63) is 24.3 Å². The smallest absolute Gasteiger partial charge is 0.462 e. The molecule has 0 fully saturated rings. The van der Waals surface area contributed by atoms with Gasteiger partial charge in [-0.05, 0) is 70.6 Å². The van der Waals surface area contributed by atoms with Crippen LogP contribution in [0.4, 0.5) is 0 Å². The Labute approximate surface area is 561 Å². The molecule has 92 heavy (non-hydrogen) atoms. The number of hydrogen-bond acceptors (Lipinski definition) is 15. The lowest BCUT2D eigenvalue weighted by Gasteiger charge is -2.21. The van der Waals surface area contributed by atoms with Crippen LogP contribution in [0.1, 0.15) is 362 Å². The zero-order chi connectivity index (χ0) is 67.5. The number of phosphoric ester groups is 2. The Balaban J connectivity index is 5.27. The van der Waals surface area contributed by atoms with Gasteiger partial charge in [0.15, 0.2) is 12.2 Å². The van der Waals surface area contributed by atoms with Gasteiger partial charge < -0.3 is 33.8 Å². The van der Waals surface area contributed by atoms with Crippen molar-refractivity contribution in [1.82, 2.24) is 0 Å². The Morgan fingerprint density at radius 3 is 0.793 bits per heavy atom. The van der Waals surface area contributed by atoms with Gasteiger partial charge in [0.2, 0.25) is 0 Å². The van der Waals surface area contributed by atoms with E-state index in [2.05, 4.69) is 52.0 Å². The van der Waals surface area contributed by atoms with Gasteiger partial charge in [0.05, 0.1) is 26.4 Å². The highest BCUT2D eigenvalue weighted by molar-refractivity contribution is 7.47. The molecule has 542 valence electrons. The van der Waals surface area contributed by atoms with Crippen LogP contribution in [0.2, 0.25) is 0 Å². The van der Waals surface area contributed by atoms with Gasteiger partial charge in [-0.3, -0.25) is 37.3 Å². The zero-order valence-electron chi connectivity index (χ0n) is 59.0. The molecule has 3 N–H and O–H groups in total. The van der Waals surface area contributed by atoms with Gasteiger partial charge in [0.25, 0.3) is 0 Å². The molecule has 0 aliphatic heterocycles. The first-order chi connectivity index (χ1) is 44.7. The van der Waals surface area contributed by atoms with E-state index in [0.717, 1.165) is 116 Å². The number of carbonyl (C=O) groups excluding carboxylic acids is 4. The van der Waals surface area contributed by atoms with Gasteiger partial charge >= 0.3 is 39.5 Å². The van der Waals surface area contributed by atoms with Crippen molar-refractivity contribution in [1.29, 1.82) is 0 Å². The first-order valence-corrected chi connectivity index (χ1v) is 40.6. The van der Waals surface area contributed by atoms with Crippen LogP contribution in [0.5, 0.6) is 0 Å². The lowest BCUT2D eigenvalue weighted by molar-refractivity contribution is -0.161. The van der Waals surface area contributed by atoms with Crippen molar-refractivity contribution in [3.63, 3.8) is 0 Å². The largest absolute Gasteiger partial charge is 0.472 e. The van der Waals surface area contributed by atoms with Crippen molar-refractivity contribution in [2.45, 2.75) is 380 Å². The van der Waals surface area contributed by atoms with Gasteiger partial charge in [-0.1, -0.05) is 290 Å². The number of unbranched alkanes of at least 4 members (excludes halogenated alkanes) is 42.